The third kappa shape index (κ3) is 2.80. The van der Waals surface area contributed by atoms with Crippen LogP contribution in [-0.2, 0) is 0 Å². The number of hydrogen-bond donors (Lipinski definition) is 0. The summed E-state index contributed by atoms with van der Waals surface area (Å²) in [6.45, 7) is 7.00. The number of likely N-dealkylation sites (tertiary alicyclic amines) is 1. The molecule has 1 fully saturated rings. The standard InChI is InChI=1S/C11H17BrN2S/c1-8(2)14-5-3-9(4-6-14)11-13-7-10(12)15-11/h7-9H,3-6H2,1-2H3. The normalized spacial score (nSPS) is 20.0. The second-order valence-electron chi connectivity index (χ2n) is 4.41. The summed E-state index contributed by atoms with van der Waals surface area (Å²) in [6, 6.07) is 0.689. The van der Waals surface area contributed by atoms with E-state index < -0.39 is 0 Å². The van der Waals surface area contributed by atoms with Gasteiger partial charge in [-0.3, -0.25) is 0 Å². The van der Waals surface area contributed by atoms with Crippen LogP contribution in [-0.4, -0.2) is 29.0 Å². The molecular weight excluding hydrogens is 272 g/mol. The van der Waals surface area contributed by atoms with Crippen molar-refractivity contribution in [3.8, 4) is 0 Å². The molecule has 2 nitrogen and oxygen atoms in total. The van der Waals surface area contributed by atoms with Crippen LogP contribution in [0.1, 0.15) is 37.6 Å². The van der Waals surface area contributed by atoms with E-state index in [0.29, 0.717) is 12.0 Å². The average Bonchev–Trinajstić information content (AvgIpc) is 2.65. The van der Waals surface area contributed by atoms with Gasteiger partial charge < -0.3 is 4.90 Å². The van der Waals surface area contributed by atoms with Crippen molar-refractivity contribution in [3.63, 3.8) is 0 Å². The van der Waals surface area contributed by atoms with E-state index in [9.17, 15) is 0 Å². The van der Waals surface area contributed by atoms with Crippen molar-refractivity contribution in [3.05, 3.63) is 15.0 Å². The van der Waals surface area contributed by atoms with Crippen LogP contribution in [0.2, 0.25) is 0 Å². The number of piperidine rings is 1. The van der Waals surface area contributed by atoms with Crippen LogP contribution in [0.15, 0.2) is 9.98 Å². The van der Waals surface area contributed by atoms with Gasteiger partial charge in [0.25, 0.3) is 0 Å². The Morgan fingerprint density at radius 1 is 1.47 bits per heavy atom. The van der Waals surface area contributed by atoms with Crippen molar-refractivity contribution in [2.75, 3.05) is 13.1 Å². The lowest BCUT2D eigenvalue weighted by Gasteiger charge is -2.33. The molecular formula is C11H17BrN2S. The molecule has 0 aliphatic carbocycles. The first-order valence-corrected chi connectivity index (χ1v) is 7.13. The van der Waals surface area contributed by atoms with Crippen LogP contribution in [0.5, 0.6) is 0 Å². The molecule has 2 rings (SSSR count). The first-order valence-electron chi connectivity index (χ1n) is 5.52. The molecule has 0 spiro atoms. The zero-order chi connectivity index (χ0) is 10.8. The van der Waals surface area contributed by atoms with E-state index in [1.54, 1.807) is 11.3 Å². The second kappa shape index (κ2) is 4.93. The monoisotopic (exact) mass is 288 g/mol. The predicted molar refractivity (Wildman–Crippen MR) is 68.5 cm³/mol. The average molecular weight is 289 g/mol. The molecule has 1 aromatic rings. The second-order valence-corrected chi connectivity index (χ2v) is 6.85. The Hall–Kier alpha value is 0.0700. The third-order valence-corrected chi connectivity index (χ3v) is 4.74. The van der Waals surface area contributed by atoms with E-state index in [4.69, 9.17) is 0 Å². The van der Waals surface area contributed by atoms with Crippen LogP contribution in [0.25, 0.3) is 0 Å². The molecule has 0 atom stereocenters. The van der Waals surface area contributed by atoms with Crippen molar-refractivity contribution in [1.82, 2.24) is 9.88 Å². The van der Waals surface area contributed by atoms with Gasteiger partial charge in [0.15, 0.2) is 0 Å². The predicted octanol–water partition coefficient (Wildman–Crippen LogP) is 3.49. The Morgan fingerprint density at radius 3 is 2.60 bits per heavy atom. The highest BCUT2D eigenvalue weighted by Gasteiger charge is 2.23. The fourth-order valence-corrected chi connectivity index (χ4v) is 3.53. The van der Waals surface area contributed by atoms with Gasteiger partial charge in [-0.05, 0) is 55.7 Å². The summed E-state index contributed by atoms with van der Waals surface area (Å²) in [5.41, 5.74) is 0. The molecule has 0 radical (unpaired) electrons. The van der Waals surface area contributed by atoms with Crippen LogP contribution in [0.4, 0.5) is 0 Å². The molecule has 1 aliphatic heterocycles. The van der Waals surface area contributed by atoms with Crippen LogP contribution >= 0.6 is 27.3 Å². The molecule has 0 N–H and O–H groups in total. The topological polar surface area (TPSA) is 16.1 Å². The molecule has 1 aliphatic rings. The van der Waals surface area contributed by atoms with Gasteiger partial charge in [-0.1, -0.05) is 0 Å². The summed E-state index contributed by atoms with van der Waals surface area (Å²) >= 11 is 5.27. The fourth-order valence-electron chi connectivity index (χ4n) is 2.12. The summed E-state index contributed by atoms with van der Waals surface area (Å²) < 4.78 is 1.16. The molecule has 1 aromatic heterocycles. The first kappa shape index (κ1) is 11.6. The lowest BCUT2D eigenvalue weighted by molar-refractivity contribution is 0.172. The highest BCUT2D eigenvalue weighted by Crippen LogP contribution is 2.33. The zero-order valence-electron chi connectivity index (χ0n) is 9.24. The van der Waals surface area contributed by atoms with Crippen molar-refractivity contribution in [1.29, 1.82) is 0 Å². The van der Waals surface area contributed by atoms with Gasteiger partial charge in [0.05, 0.1) is 15.0 Å². The molecule has 4 heteroatoms. The maximum atomic E-state index is 4.46. The Morgan fingerprint density at radius 2 is 2.13 bits per heavy atom. The van der Waals surface area contributed by atoms with E-state index in [1.165, 1.54) is 30.9 Å². The van der Waals surface area contributed by atoms with Gasteiger partial charge in [-0.15, -0.1) is 11.3 Å². The number of hydrogen-bond acceptors (Lipinski definition) is 3. The van der Waals surface area contributed by atoms with Crippen molar-refractivity contribution in [2.45, 2.75) is 38.6 Å². The quantitative estimate of drug-likeness (QED) is 0.828. The summed E-state index contributed by atoms with van der Waals surface area (Å²) in [6.07, 6.45) is 4.45. The minimum absolute atomic E-state index is 0.689. The SMILES string of the molecule is CC(C)N1CCC(c2ncc(Br)s2)CC1. The van der Waals surface area contributed by atoms with Gasteiger partial charge >= 0.3 is 0 Å². The summed E-state index contributed by atoms with van der Waals surface area (Å²) in [7, 11) is 0. The van der Waals surface area contributed by atoms with Gasteiger partial charge in [-0.2, -0.15) is 0 Å². The Labute approximate surface area is 104 Å². The Kier molecular flexibility index (Phi) is 3.80. The largest absolute Gasteiger partial charge is 0.301 e. The fraction of sp³-hybridized carbons (Fsp3) is 0.727. The third-order valence-electron chi connectivity index (χ3n) is 3.10. The molecule has 0 aromatic carbocycles. The molecule has 0 saturated carbocycles. The van der Waals surface area contributed by atoms with Crippen LogP contribution < -0.4 is 0 Å². The smallest absolute Gasteiger partial charge is 0.0968 e. The highest BCUT2D eigenvalue weighted by atomic mass is 79.9. The number of thiazole rings is 1. The van der Waals surface area contributed by atoms with Gasteiger partial charge in [0.2, 0.25) is 0 Å². The van der Waals surface area contributed by atoms with Gasteiger partial charge in [0.1, 0.15) is 0 Å². The van der Waals surface area contributed by atoms with E-state index in [0.717, 1.165) is 3.79 Å². The van der Waals surface area contributed by atoms with Crippen molar-refractivity contribution in [2.24, 2.45) is 0 Å². The number of rotatable bonds is 2. The van der Waals surface area contributed by atoms with E-state index in [2.05, 4.69) is 39.7 Å². The molecule has 2 heterocycles. The number of halogens is 1. The maximum absolute atomic E-state index is 4.46. The molecule has 0 bridgehead atoms. The number of aromatic nitrogens is 1. The van der Waals surface area contributed by atoms with Gasteiger partial charge in [0, 0.05) is 12.0 Å². The lowest BCUT2D eigenvalue weighted by atomic mass is 9.97. The molecule has 0 unspecified atom stereocenters. The summed E-state index contributed by atoms with van der Waals surface area (Å²) in [5, 5.41) is 1.31. The van der Waals surface area contributed by atoms with E-state index in [1.807, 2.05) is 6.20 Å². The van der Waals surface area contributed by atoms with E-state index in [-0.39, 0.29) is 0 Å². The summed E-state index contributed by atoms with van der Waals surface area (Å²) in [5.74, 6) is 0.691. The summed E-state index contributed by atoms with van der Waals surface area (Å²) in [4.78, 5) is 7.02. The minimum atomic E-state index is 0.689. The van der Waals surface area contributed by atoms with Crippen LogP contribution in [0.3, 0.4) is 0 Å². The zero-order valence-corrected chi connectivity index (χ0v) is 11.6. The lowest BCUT2D eigenvalue weighted by Crippen LogP contribution is -2.37. The molecule has 15 heavy (non-hydrogen) atoms. The van der Waals surface area contributed by atoms with Crippen molar-refractivity contribution < 1.29 is 0 Å². The van der Waals surface area contributed by atoms with E-state index >= 15 is 0 Å². The first-order chi connectivity index (χ1) is 7.16. The molecule has 84 valence electrons. The van der Waals surface area contributed by atoms with Crippen molar-refractivity contribution >= 4 is 27.3 Å². The minimum Gasteiger partial charge on any atom is -0.301 e. The molecule has 1 saturated heterocycles. The Bertz CT molecular complexity index is 316. The highest BCUT2D eigenvalue weighted by molar-refractivity contribution is 9.11. The maximum Gasteiger partial charge on any atom is 0.0968 e. The molecule has 0 amide bonds. The Balaban J connectivity index is 1.93. The number of nitrogens with zero attached hydrogens (tertiary/aromatic N) is 2. The van der Waals surface area contributed by atoms with Gasteiger partial charge in [-0.25, -0.2) is 4.98 Å². The van der Waals surface area contributed by atoms with Crippen LogP contribution in [0, 0.1) is 0 Å².